The van der Waals surface area contributed by atoms with Crippen LogP contribution in [-0.4, -0.2) is 19.3 Å². The molecule has 4 heteroatoms. The minimum atomic E-state index is -0.309. The van der Waals surface area contributed by atoms with Gasteiger partial charge in [-0.25, -0.2) is 4.79 Å². The second kappa shape index (κ2) is 9.15. The van der Waals surface area contributed by atoms with Crippen LogP contribution >= 0.6 is 0 Å². The first-order valence-corrected chi connectivity index (χ1v) is 5.22. The van der Waals surface area contributed by atoms with Gasteiger partial charge in [-0.2, -0.15) is 0 Å². The van der Waals surface area contributed by atoms with Crippen molar-refractivity contribution in [3.05, 3.63) is 66.1 Å². The van der Waals surface area contributed by atoms with E-state index in [1.54, 1.807) is 12.1 Å². The number of hydrogen-bond acceptors (Lipinski definition) is 2. The topological polar surface area (TPSA) is 48.6 Å². The third-order valence-corrected chi connectivity index (χ3v) is 2.17. The Labute approximate surface area is 125 Å². The van der Waals surface area contributed by atoms with Crippen LogP contribution in [0, 0.1) is 12.6 Å². The van der Waals surface area contributed by atoms with Gasteiger partial charge in [0.15, 0.2) is 0 Å². The quantitative estimate of drug-likeness (QED) is 0.325. The maximum Gasteiger partial charge on any atom is 1.00 e. The molecule has 0 atom stereocenters. The normalized spacial score (nSPS) is 8.47. The van der Waals surface area contributed by atoms with Crippen LogP contribution in [0.25, 0.3) is 16.2 Å². The summed E-state index contributed by atoms with van der Waals surface area (Å²) in [5.41, 5.74) is 0.569. The molecule has 0 fully saturated rings. The molecule has 2 rings (SSSR count). The molecule has 92 valence electrons. The van der Waals surface area contributed by atoms with Crippen LogP contribution < -0.4 is 18.9 Å². The molecule has 0 saturated heterocycles. The van der Waals surface area contributed by atoms with E-state index in [0.29, 0.717) is 5.56 Å². The summed E-state index contributed by atoms with van der Waals surface area (Å²) in [5.74, 6) is -0.309. The first kappa shape index (κ1) is 17.2. The fourth-order valence-electron chi connectivity index (χ4n) is 1.37. The first-order valence-electron chi connectivity index (χ1n) is 5.22. The molecule has 0 N–H and O–H groups in total. The van der Waals surface area contributed by atoms with Gasteiger partial charge >= 0.3 is 24.8 Å². The van der Waals surface area contributed by atoms with Gasteiger partial charge in [-0.05, 0) is 0 Å². The predicted molar refractivity (Wildman–Crippen MR) is 72.4 cm³/mol. The Bertz CT molecular complexity index is 561. The first-order chi connectivity index (χ1) is 8.72. The summed E-state index contributed by atoms with van der Waals surface area (Å²) in [5, 5.41) is 9.57. The molecular weight excluding hydrogens is 233 g/mol. The maximum atomic E-state index is 11.2. The summed E-state index contributed by atoms with van der Waals surface area (Å²) in [6.07, 6.45) is 1.83. The van der Waals surface area contributed by atoms with E-state index in [1.807, 2.05) is 24.3 Å². The minimum Gasteiger partial charge on any atom is -0.911 e. The molecule has 2 aromatic carbocycles. The Morgan fingerprint density at radius 3 is 2.68 bits per heavy atom. The van der Waals surface area contributed by atoms with Crippen LogP contribution in [0.3, 0.4) is 0 Å². The number of carbonyl (C=O) groups excluding carboxylic acids is 1. The summed E-state index contributed by atoms with van der Waals surface area (Å²) < 4.78 is 4.64. The molecule has 0 aliphatic heterocycles. The number of fused-ring (bicyclic) bond motifs is 1. The van der Waals surface area contributed by atoms with Gasteiger partial charge in [0.2, 0.25) is 0 Å². The van der Waals surface area contributed by atoms with Crippen molar-refractivity contribution in [1.29, 1.82) is 0 Å². The third-order valence-electron chi connectivity index (χ3n) is 2.17. The molecule has 0 aromatic heterocycles. The van der Waals surface area contributed by atoms with Crippen LogP contribution in [-0.2, 0) is 4.74 Å². The zero-order valence-corrected chi connectivity index (χ0v) is 11.0. The smallest absolute Gasteiger partial charge is 0.911 e. The van der Waals surface area contributed by atoms with E-state index in [4.69, 9.17) is 5.41 Å². The Morgan fingerprint density at radius 2 is 2.11 bits per heavy atom. The van der Waals surface area contributed by atoms with Gasteiger partial charge in [-0.15, -0.1) is 41.1 Å². The van der Waals surface area contributed by atoms with E-state index in [0.717, 1.165) is 23.1 Å². The monoisotopic (exact) mass is 245 g/mol. The summed E-state index contributed by atoms with van der Waals surface area (Å²) in [4.78, 5) is 11.2. The van der Waals surface area contributed by atoms with E-state index >= 15 is 0 Å². The van der Waals surface area contributed by atoms with Gasteiger partial charge in [0.05, 0.1) is 7.11 Å². The molecule has 2 aromatic rings. The van der Waals surface area contributed by atoms with Crippen LogP contribution in [0.2, 0.25) is 0 Å². The number of rotatable bonds is 2. The zero-order chi connectivity index (χ0) is 13.4. The standard InChI is InChI=1S/C12H9O2.C3H3N.Li/c1-14-12(13)11-7-6-9-4-2-3-5-10(9)8-11;1-2-3-4;/h2-3,5-8H,1H3;1-3H;/q-1;-2;+1. The Balaban J connectivity index is 0.000000576. The van der Waals surface area contributed by atoms with E-state index in [9.17, 15) is 4.79 Å². The van der Waals surface area contributed by atoms with Gasteiger partial charge < -0.3 is 16.4 Å². The summed E-state index contributed by atoms with van der Waals surface area (Å²) >= 11 is 0. The number of esters is 1. The third kappa shape index (κ3) is 5.13. The minimum absolute atomic E-state index is 0. The molecule has 0 aliphatic rings. The number of nitrogens with zero attached hydrogens (tertiary/aromatic N) is 1. The molecule has 0 unspecified atom stereocenters. The largest absolute Gasteiger partial charge is 1.00 e. The van der Waals surface area contributed by atoms with Crippen molar-refractivity contribution in [3.63, 3.8) is 0 Å². The van der Waals surface area contributed by atoms with Gasteiger partial charge in [0, 0.05) is 5.56 Å². The molecule has 0 aliphatic carbocycles. The van der Waals surface area contributed by atoms with E-state index in [2.05, 4.69) is 17.4 Å². The van der Waals surface area contributed by atoms with Crippen molar-refractivity contribution in [2.75, 3.05) is 7.11 Å². The Kier molecular flexibility index (Phi) is 8.28. The number of hydrogen-bond donors (Lipinski definition) is 0. The summed E-state index contributed by atoms with van der Waals surface area (Å²) in [6, 6.07) is 14.2. The Morgan fingerprint density at radius 1 is 1.42 bits per heavy atom. The van der Waals surface area contributed by atoms with Crippen molar-refractivity contribution in [2.45, 2.75) is 0 Å². The predicted octanol–water partition coefficient (Wildman–Crippen LogP) is 0.0464. The fourth-order valence-corrected chi connectivity index (χ4v) is 1.37. The molecule has 0 saturated carbocycles. The van der Waals surface area contributed by atoms with Gasteiger partial charge in [-0.3, -0.25) is 12.7 Å². The van der Waals surface area contributed by atoms with Crippen molar-refractivity contribution < 1.29 is 28.4 Å². The summed E-state index contributed by atoms with van der Waals surface area (Å²) in [7, 11) is 1.38. The molecule has 0 amide bonds. The SMILES string of the molecule is COC(=O)c1ccc2[c-]cccc2c1.[CH-]=CC=[N-].[Li+]. The number of methoxy groups -OCH3 is 1. The molecular formula is C15H12LiNO2-2. The van der Waals surface area contributed by atoms with Crippen molar-refractivity contribution in [3.8, 4) is 0 Å². The zero-order valence-electron chi connectivity index (χ0n) is 11.0. The van der Waals surface area contributed by atoms with E-state index in [1.165, 1.54) is 7.11 Å². The number of carbonyl (C=O) groups is 1. The van der Waals surface area contributed by atoms with Crippen molar-refractivity contribution >= 4 is 23.0 Å². The molecule has 0 bridgehead atoms. The molecule has 0 heterocycles. The average molecular weight is 245 g/mol. The average Bonchev–Trinajstić information content (AvgIpc) is 2.46. The van der Waals surface area contributed by atoms with E-state index in [-0.39, 0.29) is 24.8 Å². The second-order valence-corrected chi connectivity index (χ2v) is 3.31. The number of ether oxygens (including phenoxy) is 1. The molecule has 19 heavy (non-hydrogen) atoms. The maximum absolute atomic E-state index is 11.2. The second-order valence-electron chi connectivity index (χ2n) is 3.31. The number of benzene rings is 2. The van der Waals surface area contributed by atoms with Gasteiger partial charge in [0.1, 0.15) is 0 Å². The van der Waals surface area contributed by atoms with Crippen LogP contribution in [0.1, 0.15) is 10.4 Å². The van der Waals surface area contributed by atoms with Crippen molar-refractivity contribution in [1.82, 2.24) is 0 Å². The molecule has 0 spiro atoms. The Hall–Kier alpha value is -1.82. The van der Waals surface area contributed by atoms with Crippen LogP contribution in [0.4, 0.5) is 0 Å². The van der Waals surface area contributed by atoms with Crippen LogP contribution in [0.15, 0.2) is 42.5 Å². The fraction of sp³-hybridized carbons (Fsp3) is 0.0667. The van der Waals surface area contributed by atoms with Crippen molar-refractivity contribution in [2.24, 2.45) is 0 Å². The molecule has 0 radical (unpaired) electrons. The van der Waals surface area contributed by atoms with E-state index < -0.39 is 0 Å². The summed E-state index contributed by atoms with van der Waals surface area (Å²) in [6.45, 7) is 4.60. The number of allylic oxidation sites excluding steroid dienone is 1. The molecule has 3 nitrogen and oxygen atoms in total. The van der Waals surface area contributed by atoms with Gasteiger partial charge in [-0.1, -0.05) is 12.1 Å². The van der Waals surface area contributed by atoms with Crippen LogP contribution in [0.5, 0.6) is 0 Å². The van der Waals surface area contributed by atoms with Gasteiger partial charge in [0.25, 0.3) is 0 Å².